The van der Waals surface area contributed by atoms with Gasteiger partial charge in [-0.25, -0.2) is 14.9 Å². The first-order valence-corrected chi connectivity index (χ1v) is 6.04. The van der Waals surface area contributed by atoms with Crippen LogP contribution >= 0.6 is 0 Å². The van der Waals surface area contributed by atoms with Crippen LogP contribution in [0.3, 0.4) is 0 Å². The molecule has 1 aromatic carbocycles. The third-order valence-corrected chi connectivity index (χ3v) is 3.21. The van der Waals surface area contributed by atoms with E-state index in [1.165, 1.54) is 17.2 Å². The molecule has 0 spiro atoms. The Labute approximate surface area is 115 Å². The maximum absolute atomic E-state index is 14.0. The van der Waals surface area contributed by atoms with Crippen LogP contribution in [0.2, 0.25) is 0 Å². The van der Waals surface area contributed by atoms with Crippen LogP contribution in [-0.4, -0.2) is 24.1 Å². The highest BCUT2D eigenvalue weighted by Gasteiger charge is 2.31. The van der Waals surface area contributed by atoms with E-state index >= 15 is 0 Å². The van der Waals surface area contributed by atoms with Gasteiger partial charge in [-0.2, -0.15) is 0 Å². The van der Waals surface area contributed by atoms with Crippen molar-refractivity contribution in [3.63, 3.8) is 0 Å². The highest BCUT2D eigenvalue weighted by Crippen LogP contribution is 2.33. The molecule has 0 aliphatic carbocycles. The number of hydrogen-bond donors (Lipinski definition) is 1. The minimum absolute atomic E-state index is 0.296. The van der Waals surface area contributed by atoms with Gasteiger partial charge in [0.05, 0.1) is 6.21 Å². The highest BCUT2D eigenvalue weighted by atomic mass is 19.1. The average Bonchev–Trinajstić information content (AvgIpc) is 2.76. The smallest absolute Gasteiger partial charge is 0.269 e. The van der Waals surface area contributed by atoms with Crippen LogP contribution in [0, 0.1) is 5.82 Å². The highest BCUT2D eigenvalue weighted by molar-refractivity contribution is 6.28. The number of aliphatic imine (C=N–C) groups is 1. The number of carbonyl (C=O) groups excluding carboxylic acids is 1. The summed E-state index contributed by atoms with van der Waals surface area (Å²) in [4.78, 5) is 22.7. The monoisotopic (exact) mass is 273 g/mol. The third-order valence-electron chi connectivity index (χ3n) is 3.21. The molecule has 0 saturated heterocycles. The first kappa shape index (κ1) is 12.4. The van der Waals surface area contributed by atoms with Crippen molar-refractivity contribution in [1.29, 1.82) is 0 Å². The second-order valence-electron chi connectivity index (χ2n) is 4.47. The molecule has 1 N–H and O–H groups in total. The Hall–Kier alpha value is -2.63. The number of nitrogens with one attached hydrogen (secondary N) is 1. The summed E-state index contributed by atoms with van der Waals surface area (Å²) in [5, 5.41) is 0. The number of nitrogens with zero attached hydrogens (tertiary/aromatic N) is 2. The van der Waals surface area contributed by atoms with Gasteiger partial charge in [0.2, 0.25) is 0 Å². The lowest BCUT2D eigenvalue weighted by atomic mass is 10.1. The topological polar surface area (TPSA) is 53.9 Å². The van der Waals surface area contributed by atoms with E-state index in [-0.39, 0.29) is 5.91 Å². The maximum Gasteiger partial charge on any atom is 0.269 e. The lowest BCUT2D eigenvalue weighted by Gasteiger charge is -2.15. The zero-order valence-electron chi connectivity index (χ0n) is 11.0. The molecule has 1 aromatic rings. The Morgan fingerprint density at radius 1 is 1.35 bits per heavy atom. The first-order chi connectivity index (χ1) is 9.59. The van der Waals surface area contributed by atoms with Gasteiger partial charge >= 0.3 is 0 Å². The van der Waals surface area contributed by atoms with Gasteiger partial charge in [-0.15, -0.1) is 0 Å². The number of halogens is 1. The zero-order valence-corrected chi connectivity index (χ0v) is 11.0. The molecule has 2 aliphatic rings. The summed E-state index contributed by atoms with van der Waals surface area (Å²) < 4.78 is 14.0. The van der Waals surface area contributed by atoms with Crippen LogP contribution in [-0.2, 0) is 9.63 Å². The number of hydroxylamine groups is 1. The molecule has 0 radical (unpaired) electrons. The minimum atomic E-state index is -0.408. The van der Waals surface area contributed by atoms with Crippen molar-refractivity contribution in [2.24, 2.45) is 4.99 Å². The second-order valence-corrected chi connectivity index (χ2v) is 4.47. The largest absolute Gasteiger partial charge is 0.384 e. The van der Waals surface area contributed by atoms with E-state index in [9.17, 15) is 9.18 Å². The Balaban J connectivity index is 2.26. The quantitative estimate of drug-likeness (QED) is 0.849. The van der Waals surface area contributed by atoms with Crippen molar-refractivity contribution in [2.75, 3.05) is 7.05 Å². The van der Waals surface area contributed by atoms with Crippen LogP contribution in [0.15, 0.2) is 46.4 Å². The number of likely N-dealkylation sites (N-methyl/N-ethyl adjacent to an activating group) is 1. The number of rotatable bonds is 1. The van der Waals surface area contributed by atoms with Gasteiger partial charge in [-0.3, -0.25) is 4.79 Å². The normalized spacial score (nSPS) is 17.9. The summed E-state index contributed by atoms with van der Waals surface area (Å²) >= 11 is 0. The Bertz CT molecular complexity index is 691. The van der Waals surface area contributed by atoms with Gasteiger partial charge < -0.3 is 9.74 Å². The summed E-state index contributed by atoms with van der Waals surface area (Å²) in [5.41, 5.74) is 4.40. The number of allylic oxidation sites excluding steroid dienone is 1. The fourth-order valence-electron chi connectivity index (χ4n) is 2.20. The molecular weight excluding hydrogens is 261 g/mol. The predicted octanol–water partition coefficient (Wildman–Crippen LogP) is 1.80. The summed E-state index contributed by atoms with van der Waals surface area (Å²) in [5.74, 6) is -0.166. The molecule has 3 rings (SSSR count). The van der Waals surface area contributed by atoms with E-state index in [2.05, 4.69) is 10.5 Å². The molecule has 0 bridgehead atoms. The number of fused-ring (bicyclic) bond motifs is 1. The van der Waals surface area contributed by atoms with Crippen LogP contribution in [0.4, 0.5) is 4.39 Å². The Morgan fingerprint density at radius 2 is 2.10 bits per heavy atom. The molecule has 6 heteroatoms. The van der Waals surface area contributed by atoms with Gasteiger partial charge in [0, 0.05) is 12.6 Å². The lowest BCUT2D eigenvalue weighted by molar-refractivity contribution is -0.120. The molecule has 0 fully saturated rings. The van der Waals surface area contributed by atoms with Crippen molar-refractivity contribution in [3.05, 3.63) is 52.8 Å². The Kier molecular flexibility index (Phi) is 2.78. The van der Waals surface area contributed by atoms with Gasteiger partial charge in [0.15, 0.2) is 5.76 Å². The summed E-state index contributed by atoms with van der Waals surface area (Å²) in [6, 6.07) is 6.27. The number of amides is 1. The minimum Gasteiger partial charge on any atom is -0.384 e. The summed E-state index contributed by atoms with van der Waals surface area (Å²) in [6.45, 7) is 1.73. The molecule has 5 nitrogen and oxygen atoms in total. The van der Waals surface area contributed by atoms with Crippen molar-refractivity contribution in [2.45, 2.75) is 6.92 Å². The molecule has 1 amide bonds. The summed E-state index contributed by atoms with van der Waals surface area (Å²) in [6.07, 6.45) is 1.18. The second kappa shape index (κ2) is 4.48. The van der Waals surface area contributed by atoms with Crippen LogP contribution < -0.4 is 5.48 Å². The predicted molar refractivity (Wildman–Crippen MR) is 71.5 cm³/mol. The molecular formula is C14H12FN3O2. The third kappa shape index (κ3) is 1.77. The Morgan fingerprint density at radius 3 is 2.85 bits per heavy atom. The van der Waals surface area contributed by atoms with Crippen LogP contribution in [0.1, 0.15) is 12.5 Å². The van der Waals surface area contributed by atoms with Gasteiger partial charge in [-0.1, -0.05) is 12.1 Å². The van der Waals surface area contributed by atoms with Crippen LogP contribution in [0.5, 0.6) is 0 Å². The summed E-state index contributed by atoms with van der Waals surface area (Å²) in [7, 11) is 1.62. The fourth-order valence-corrected chi connectivity index (χ4v) is 2.20. The van der Waals surface area contributed by atoms with Gasteiger partial charge in [-0.05, 0) is 19.1 Å². The molecule has 2 aliphatic heterocycles. The van der Waals surface area contributed by atoms with E-state index in [1.807, 2.05) is 0 Å². The van der Waals surface area contributed by atoms with Gasteiger partial charge in [0.25, 0.3) is 5.91 Å². The van der Waals surface area contributed by atoms with Crippen molar-refractivity contribution in [3.8, 4) is 0 Å². The van der Waals surface area contributed by atoms with Gasteiger partial charge in [0.1, 0.15) is 22.9 Å². The molecule has 102 valence electrons. The van der Waals surface area contributed by atoms with Crippen molar-refractivity contribution >= 4 is 17.8 Å². The fraction of sp³-hybridized carbons (Fsp3) is 0.143. The zero-order chi connectivity index (χ0) is 14.3. The van der Waals surface area contributed by atoms with E-state index in [0.717, 1.165) is 0 Å². The standard InChI is InChI=1S/C14H12FN3O2/c1-8-14-13(17-20-8)12(16-7-11(19)18(14)2)9-5-3-4-6-10(9)15/h3-7,17H,1-2H3. The molecule has 0 saturated carbocycles. The first-order valence-electron chi connectivity index (χ1n) is 6.04. The maximum atomic E-state index is 14.0. The van der Waals surface area contributed by atoms with E-state index in [0.29, 0.717) is 28.4 Å². The van der Waals surface area contributed by atoms with E-state index in [4.69, 9.17) is 4.84 Å². The molecule has 0 aromatic heterocycles. The van der Waals surface area contributed by atoms with Crippen LogP contribution in [0.25, 0.3) is 5.70 Å². The van der Waals surface area contributed by atoms with E-state index < -0.39 is 5.82 Å². The van der Waals surface area contributed by atoms with E-state index in [1.54, 1.807) is 32.2 Å². The number of benzene rings is 1. The number of carbonyl (C=O) groups is 1. The molecule has 0 unspecified atom stereocenters. The molecule has 0 atom stereocenters. The average molecular weight is 273 g/mol. The SMILES string of the molecule is CC1=C2C(=C(c3ccccc3F)N=CC(=O)N2C)NO1. The number of hydrogen-bond acceptors (Lipinski definition) is 4. The lowest BCUT2D eigenvalue weighted by Crippen LogP contribution is -2.27. The van der Waals surface area contributed by atoms with Crippen molar-refractivity contribution < 1.29 is 14.0 Å². The molecule has 20 heavy (non-hydrogen) atoms. The van der Waals surface area contributed by atoms with Crippen molar-refractivity contribution in [1.82, 2.24) is 10.4 Å². The molecule has 2 heterocycles.